The van der Waals surface area contributed by atoms with Gasteiger partial charge in [-0.2, -0.15) is 0 Å². The zero-order valence-corrected chi connectivity index (χ0v) is 16.1. The molecule has 5 heteroatoms. The van der Waals surface area contributed by atoms with Crippen molar-refractivity contribution in [1.82, 2.24) is 9.88 Å². The van der Waals surface area contributed by atoms with Gasteiger partial charge in [0.1, 0.15) is 12.4 Å². The van der Waals surface area contributed by atoms with E-state index in [1.807, 2.05) is 24.3 Å². The standard InChI is InChI=1S/C21H21BrN2O2/c22-18-4-8-21-17(15-18)3-7-20(23-21)16-1-5-19(6-2-16)26-14-11-24-9-12-25-13-10-24/h1-8,15H,9-14H2. The fourth-order valence-electron chi connectivity index (χ4n) is 3.10. The van der Waals surface area contributed by atoms with Crippen molar-refractivity contribution in [2.45, 2.75) is 0 Å². The second-order valence-corrected chi connectivity index (χ2v) is 7.28. The third kappa shape index (κ3) is 4.23. The zero-order chi connectivity index (χ0) is 17.8. The van der Waals surface area contributed by atoms with Gasteiger partial charge in [-0.15, -0.1) is 0 Å². The predicted octanol–water partition coefficient (Wildman–Crippen LogP) is 4.38. The molecule has 1 fully saturated rings. The molecule has 134 valence electrons. The van der Waals surface area contributed by atoms with Crippen molar-refractivity contribution in [3.05, 3.63) is 59.1 Å². The molecule has 1 aliphatic heterocycles. The summed E-state index contributed by atoms with van der Waals surface area (Å²) in [5, 5.41) is 1.13. The molecule has 0 amide bonds. The van der Waals surface area contributed by atoms with E-state index in [2.05, 4.69) is 51.2 Å². The van der Waals surface area contributed by atoms with Crippen LogP contribution in [-0.2, 0) is 4.74 Å². The Morgan fingerprint density at radius 3 is 2.62 bits per heavy atom. The summed E-state index contributed by atoms with van der Waals surface area (Å²) in [7, 11) is 0. The number of fused-ring (bicyclic) bond motifs is 1. The van der Waals surface area contributed by atoms with Crippen molar-refractivity contribution in [3.63, 3.8) is 0 Å². The molecule has 0 saturated carbocycles. The van der Waals surface area contributed by atoms with Crippen LogP contribution in [0.25, 0.3) is 22.2 Å². The van der Waals surface area contributed by atoms with Gasteiger partial charge in [-0.25, -0.2) is 4.98 Å². The number of hydrogen-bond acceptors (Lipinski definition) is 4. The Morgan fingerprint density at radius 2 is 1.81 bits per heavy atom. The average Bonchev–Trinajstić information content (AvgIpc) is 2.69. The van der Waals surface area contributed by atoms with Crippen LogP contribution in [0.4, 0.5) is 0 Å². The molecule has 0 radical (unpaired) electrons. The summed E-state index contributed by atoms with van der Waals surface area (Å²) in [5.74, 6) is 0.895. The molecular formula is C21H21BrN2O2. The first-order valence-electron chi connectivity index (χ1n) is 8.88. The van der Waals surface area contributed by atoms with Crippen molar-refractivity contribution in [1.29, 1.82) is 0 Å². The molecule has 2 heterocycles. The van der Waals surface area contributed by atoms with Crippen LogP contribution in [0.1, 0.15) is 0 Å². The Morgan fingerprint density at radius 1 is 1.00 bits per heavy atom. The molecule has 0 bridgehead atoms. The van der Waals surface area contributed by atoms with Gasteiger partial charge in [0.15, 0.2) is 0 Å². The molecule has 0 unspecified atom stereocenters. The highest BCUT2D eigenvalue weighted by molar-refractivity contribution is 9.10. The van der Waals surface area contributed by atoms with Crippen LogP contribution in [0, 0.1) is 0 Å². The monoisotopic (exact) mass is 412 g/mol. The normalized spacial score (nSPS) is 15.3. The first-order valence-corrected chi connectivity index (χ1v) is 9.67. The van der Waals surface area contributed by atoms with Gasteiger partial charge in [0, 0.05) is 35.1 Å². The van der Waals surface area contributed by atoms with E-state index in [1.165, 1.54) is 0 Å². The molecule has 0 spiro atoms. The summed E-state index contributed by atoms with van der Waals surface area (Å²) < 4.78 is 12.3. The van der Waals surface area contributed by atoms with E-state index >= 15 is 0 Å². The van der Waals surface area contributed by atoms with Crippen LogP contribution >= 0.6 is 15.9 Å². The van der Waals surface area contributed by atoms with Gasteiger partial charge in [-0.3, -0.25) is 4.90 Å². The maximum Gasteiger partial charge on any atom is 0.119 e. The van der Waals surface area contributed by atoms with Crippen LogP contribution < -0.4 is 4.74 Å². The molecule has 2 aromatic carbocycles. The van der Waals surface area contributed by atoms with Crippen molar-refractivity contribution in [2.24, 2.45) is 0 Å². The number of aromatic nitrogens is 1. The highest BCUT2D eigenvalue weighted by atomic mass is 79.9. The van der Waals surface area contributed by atoms with Crippen LogP contribution in [0.3, 0.4) is 0 Å². The van der Waals surface area contributed by atoms with Gasteiger partial charge >= 0.3 is 0 Å². The molecule has 0 N–H and O–H groups in total. The molecule has 1 aliphatic rings. The number of ether oxygens (including phenoxy) is 2. The average molecular weight is 413 g/mol. The summed E-state index contributed by atoms with van der Waals surface area (Å²) in [6.45, 7) is 5.27. The van der Waals surface area contributed by atoms with Crippen molar-refractivity contribution in [2.75, 3.05) is 39.5 Å². The summed E-state index contributed by atoms with van der Waals surface area (Å²) in [4.78, 5) is 7.13. The summed E-state index contributed by atoms with van der Waals surface area (Å²) >= 11 is 3.50. The molecule has 1 saturated heterocycles. The second kappa shape index (κ2) is 8.16. The topological polar surface area (TPSA) is 34.6 Å². The molecule has 3 aromatic rings. The van der Waals surface area contributed by atoms with Crippen LogP contribution in [0.5, 0.6) is 5.75 Å². The lowest BCUT2D eigenvalue weighted by Crippen LogP contribution is -2.38. The quantitative estimate of drug-likeness (QED) is 0.622. The lowest BCUT2D eigenvalue weighted by molar-refractivity contribution is 0.0322. The summed E-state index contributed by atoms with van der Waals surface area (Å²) in [6.07, 6.45) is 0. The van der Waals surface area contributed by atoms with Gasteiger partial charge in [-0.1, -0.05) is 22.0 Å². The largest absolute Gasteiger partial charge is 0.492 e. The van der Waals surface area contributed by atoms with Crippen LogP contribution in [-0.4, -0.2) is 49.3 Å². The van der Waals surface area contributed by atoms with Gasteiger partial charge in [-0.05, 0) is 48.5 Å². The first kappa shape index (κ1) is 17.5. The predicted molar refractivity (Wildman–Crippen MR) is 108 cm³/mol. The number of halogens is 1. The molecule has 4 nitrogen and oxygen atoms in total. The fourth-order valence-corrected chi connectivity index (χ4v) is 3.48. The number of rotatable bonds is 5. The molecule has 26 heavy (non-hydrogen) atoms. The molecule has 0 atom stereocenters. The minimum atomic E-state index is 0.697. The third-order valence-electron chi connectivity index (χ3n) is 4.58. The molecule has 0 aliphatic carbocycles. The number of pyridine rings is 1. The minimum absolute atomic E-state index is 0.697. The number of morpholine rings is 1. The smallest absolute Gasteiger partial charge is 0.119 e. The number of nitrogens with zero attached hydrogens (tertiary/aromatic N) is 2. The van der Waals surface area contributed by atoms with E-state index in [0.717, 1.165) is 65.2 Å². The lowest BCUT2D eigenvalue weighted by Gasteiger charge is -2.26. The molecule has 1 aromatic heterocycles. The lowest BCUT2D eigenvalue weighted by atomic mass is 10.1. The van der Waals surface area contributed by atoms with E-state index in [4.69, 9.17) is 14.5 Å². The van der Waals surface area contributed by atoms with E-state index in [0.29, 0.717) is 6.61 Å². The van der Waals surface area contributed by atoms with E-state index in [1.54, 1.807) is 0 Å². The van der Waals surface area contributed by atoms with Gasteiger partial charge in [0.05, 0.1) is 24.4 Å². The van der Waals surface area contributed by atoms with E-state index in [9.17, 15) is 0 Å². The Balaban J connectivity index is 1.40. The van der Waals surface area contributed by atoms with Gasteiger partial charge in [0.25, 0.3) is 0 Å². The maximum atomic E-state index is 5.87. The zero-order valence-electron chi connectivity index (χ0n) is 14.5. The SMILES string of the molecule is Brc1ccc2nc(-c3ccc(OCCN4CCOCC4)cc3)ccc2c1. The molecular weight excluding hydrogens is 392 g/mol. The van der Waals surface area contributed by atoms with Crippen LogP contribution in [0.15, 0.2) is 59.1 Å². The Labute approximate surface area is 161 Å². The maximum absolute atomic E-state index is 5.87. The van der Waals surface area contributed by atoms with Crippen molar-refractivity contribution in [3.8, 4) is 17.0 Å². The third-order valence-corrected chi connectivity index (χ3v) is 5.07. The number of hydrogen-bond donors (Lipinski definition) is 0. The van der Waals surface area contributed by atoms with E-state index in [-0.39, 0.29) is 0 Å². The highest BCUT2D eigenvalue weighted by Crippen LogP contribution is 2.25. The fraction of sp³-hybridized carbons (Fsp3) is 0.286. The van der Waals surface area contributed by atoms with Crippen molar-refractivity contribution < 1.29 is 9.47 Å². The van der Waals surface area contributed by atoms with Gasteiger partial charge < -0.3 is 9.47 Å². The Bertz CT molecular complexity index is 877. The highest BCUT2D eigenvalue weighted by Gasteiger charge is 2.09. The van der Waals surface area contributed by atoms with Crippen LogP contribution in [0.2, 0.25) is 0 Å². The first-order chi connectivity index (χ1) is 12.8. The number of benzene rings is 2. The Hall–Kier alpha value is -1.95. The summed E-state index contributed by atoms with van der Waals surface area (Å²) in [6, 6.07) is 18.5. The summed E-state index contributed by atoms with van der Waals surface area (Å²) in [5.41, 5.74) is 3.06. The van der Waals surface area contributed by atoms with E-state index < -0.39 is 0 Å². The Kier molecular flexibility index (Phi) is 5.48. The second-order valence-electron chi connectivity index (χ2n) is 6.36. The minimum Gasteiger partial charge on any atom is -0.492 e. The van der Waals surface area contributed by atoms with Crippen molar-refractivity contribution >= 4 is 26.8 Å². The molecule has 4 rings (SSSR count). The van der Waals surface area contributed by atoms with Gasteiger partial charge in [0.2, 0.25) is 0 Å².